The number of pyridine rings is 1. The van der Waals surface area contributed by atoms with Gasteiger partial charge in [0.1, 0.15) is 18.7 Å². The van der Waals surface area contributed by atoms with Crippen LogP contribution in [0, 0.1) is 0 Å². The molecule has 0 bridgehead atoms. The van der Waals surface area contributed by atoms with Crippen molar-refractivity contribution in [3.8, 4) is 5.82 Å². The average Bonchev–Trinajstić information content (AvgIpc) is 3.07. The van der Waals surface area contributed by atoms with Crippen LogP contribution in [0.4, 0.5) is 24.5 Å². The maximum Gasteiger partial charge on any atom is 0.408 e. The van der Waals surface area contributed by atoms with Crippen LogP contribution in [0.15, 0.2) is 58.2 Å². The molecule has 3 heterocycles. The van der Waals surface area contributed by atoms with Gasteiger partial charge in [0.25, 0.3) is 0 Å². The van der Waals surface area contributed by atoms with E-state index in [9.17, 15) is 18.0 Å². The zero-order chi connectivity index (χ0) is 21.3. The second-order valence-electron chi connectivity index (χ2n) is 6.88. The SMILES string of the molecule is O=c1n(-c2ccc(N3CCN(c4ccc(Br)cc4)CC3)cn2)cnn1CC(F)(F)F. The highest BCUT2D eigenvalue weighted by Crippen LogP contribution is 2.22. The first-order chi connectivity index (χ1) is 14.3. The van der Waals surface area contributed by atoms with Gasteiger partial charge in [0, 0.05) is 36.3 Å². The molecule has 1 saturated heterocycles. The second-order valence-corrected chi connectivity index (χ2v) is 7.80. The fraction of sp³-hybridized carbons (Fsp3) is 0.316. The summed E-state index contributed by atoms with van der Waals surface area (Å²) in [6.07, 6.45) is -1.84. The van der Waals surface area contributed by atoms with Gasteiger partial charge in [0.2, 0.25) is 0 Å². The smallest absolute Gasteiger partial charge is 0.368 e. The quantitative estimate of drug-likeness (QED) is 0.571. The zero-order valence-electron chi connectivity index (χ0n) is 15.8. The third-order valence-electron chi connectivity index (χ3n) is 4.88. The number of alkyl halides is 3. The van der Waals surface area contributed by atoms with Gasteiger partial charge < -0.3 is 9.80 Å². The van der Waals surface area contributed by atoms with Crippen molar-refractivity contribution in [3.05, 3.63) is 63.9 Å². The van der Waals surface area contributed by atoms with Crippen molar-refractivity contribution in [3.63, 3.8) is 0 Å². The monoisotopic (exact) mass is 482 g/mol. The molecule has 4 rings (SSSR count). The minimum absolute atomic E-state index is 0.227. The summed E-state index contributed by atoms with van der Waals surface area (Å²) in [6.45, 7) is 1.89. The normalized spacial score (nSPS) is 14.9. The minimum Gasteiger partial charge on any atom is -0.368 e. The van der Waals surface area contributed by atoms with Crippen LogP contribution >= 0.6 is 15.9 Å². The third-order valence-corrected chi connectivity index (χ3v) is 5.41. The Morgan fingerprint density at radius 1 is 0.933 bits per heavy atom. The number of hydrogen-bond donors (Lipinski definition) is 0. The van der Waals surface area contributed by atoms with Crippen molar-refractivity contribution in [2.24, 2.45) is 0 Å². The Labute approximate surface area is 178 Å². The summed E-state index contributed by atoms with van der Waals surface area (Å²) in [5.74, 6) is 0.227. The van der Waals surface area contributed by atoms with E-state index in [0.29, 0.717) is 4.68 Å². The molecule has 0 atom stereocenters. The summed E-state index contributed by atoms with van der Waals surface area (Å²) in [5, 5.41) is 3.52. The summed E-state index contributed by atoms with van der Waals surface area (Å²) < 4.78 is 39.9. The molecule has 158 valence electrons. The van der Waals surface area contributed by atoms with Crippen LogP contribution in [0.25, 0.3) is 5.82 Å². The van der Waals surface area contributed by atoms with E-state index in [2.05, 4.69) is 47.9 Å². The molecule has 30 heavy (non-hydrogen) atoms. The highest BCUT2D eigenvalue weighted by atomic mass is 79.9. The van der Waals surface area contributed by atoms with Gasteiger partial charge in [-0.3, -0.25) is 0 Å². The molecule has 0 radical (unpaired) electrons. The second kappa shape index (κ2) is 8.13. The molecule has 1 aliphatic rings. The van der Waals surface area contributed by atoms with Crippen LogP contribution < -0.4 is 15.5 Å². The fourth-order valence-corrected chi connectivity index (χ4v) is 3.62. The third kappa shape index (κ3) is 4.50. The topological polar surface area (TPSA) is 59.2 Å². The molecule has 7 nitrogen and oxygen atoms in total. The highest BCUT2D eigenvalue weighted by molar-refractivity contribution is 9.10. The molecule has 3 aromatic rings. The first kappa shape index (κ1) is 20.5. The number of aromatic nitrogens is 4. The Kier molecular flexibility index (Phi) is 5.54. The van der Waals surface area contributed by atoms with E-state index in [-0.39, 0.29) is 5.82 Å². The molecule has 0 amide bonds. The number of anilines is 2. The summed E-state index contributed by atoms with van der Waals surface area (Å²) >= 11 is 3.44. The van der Waals surface area contributed by atoms with Crippen LogP contribution in [0.3, 0.4) is 0 Å². The van der Waals surface area contributed by atoms with E-state index in [4.69, 9.17) is 0 Å². The molecule has 0 unspecified atom stereocenters. The van der Waals surface area contributed by atoms with Gasteiger partial charge in [-0.25, -0.2) is 19.0 Å². The van der Waals surface area contributed by atoms with Gasteiger partial charge in [-0.15, -0.1) is 0 Å². The zero-order valence-corrected chi connectivity index (χ0v) is 17.3. The number of benzene rings is 1. The number of rotatable bonds is 4. The van der Waals surface area contributed by atoms with Gasteiger partial charge >= 0.3 is 11.9 Å². The summed E-state index contributed by atoms with van der Waals surface area (Å²) in [6, 6.07) is 11.6. The number of hydrogen-bond acceptors (Lipinski definition) is 5. The Bertz CT molecular complexity index is 1050. The molecule has 0 aliphatic carbocycles. The molecule has 11 heteroatoms. The lowest BCUT2D eigenvalue weighted by Crippen LogP contribution is -2.46. The molecule has 0 saturated carbocycles. The molecule has 0 N–H and O–H groups in total. The van der Waals surface area contributed by atoms with E-state index in [1.165, 1.54) is 5.69 Å². The van der Waals surface area contributed by atoms with Crippen LogP contribution in [0.1, 0.15) is 0 Å². The minimum atomic E-state index is -4.52. The Balaban J connectivity index is 1.42. The van der Waals surface area contributed by atoms with Gasteiger partial charge in [-0.1, -0.05) is 15.9 Å². The Hall–Kier alpha value is -2.82. The molecular formula is C19H18BrF3N6O. The van der Waals surface area contributed by atoms with E-state index >= 15 is 0 Å². The molecule has 1 aromatic carbocycles. The molecule has 1 aliphatic heterocycles. The number of halogens is 4. The summed E-state index contributed by atoms with van der Waals surface area (Å²) in [7, 11) is 0. The van der Waals surface area contributed by atoms with Gasteiger partial charge in [0.05, 0.1) is 11.9 Å². The number of piperazine rings is 1. The van der Waals surface area contributed by atoms with Crippen LogP contribution in [-0.2, 0) is 6.54 Å². The van der Waals surface area contributed by atoms with Crippen LogP contribution in [-0.4, -0.2) is 51.7 Å². The van der Waals surface area contributed by atoms with E-state index in [1.807, 2.05) is 18.2 Å². The predicted octanol–water partition coefficient (Wildman–Crippen LogP) is 3.08. The number of nitrogens with zero attached hydrogens (tertiary/aromatic N) is 6. The van der Waals surface area contributed by atoms with Crippen molar-refractivity contribution < 1.29 is 13.2 Å². The van der Waals surface area contributed by atoms with Crippen LogP contribution in [0.5, 0.6) is 0 Å². The van der Waals surface area contributed by atoms with E-state index in [0.717, 1.165) is 47.2 Å². The standard InChI is InChI=1S/C19H18BrF3N6O/c20-14-1-3-15(4-2-14)26-7-9-27(10-8-26)16-5-6-17(24-11-16)28-13-25-29(18(28)30)12-19(21,22)23/h1-6,11,13H,7-10,12H2. The Morgan fingerprint density at radius 3 is 2.10 bits per heavy atom. The van der Waals surface area contributed by atoms with Crippen molar-refractivity contribution in [2.75, 3.05) is 36.0 Å². The van der Waals surface area contributed by atoms with Crippen molar-refractivity contribution in [1.82, 2.24) is 19.3 Å². The predicted molar refractivity (Wildman–Crippen MR) is 110 cm³/mol. The fourth-order valence-electron chi connectivity index (χ4n) is 3.36. The largest absolute Gasteiger partial charge is 0.408 e. The maximum absolute atomic E-state index is 12.5. The van der Waals surface area contributed by atoms with E-state index < -0.39 is 18.4 Å². The molecular weight excluding hydrogens is 465 g/mol. The highest BCUT2D eigenvalue weighted by Gasteiger charge is 2.30. The molecule has 0 spiro atoms. The first-order valence-corrected chi connectivity index (χ1v) is 10.0. The lowest BCUT2D eigenvalue weighted by molar-refractivity contribution is -0.143. The Morgan fingerprint density at radius 2 is 1.53 bits per heavy atom. The molecule has 1 fully saturated rings. The lowest BCUT2D eigenvalue weighted by atomic mass is 10.2. The molecule has 2 aromatic heterocycles. The van der Waals surface area contributed by atoms with Crippen molar-refractivity contribution in [1.29, 1.82) is 0 Å². The summed E-state index contributed by atoms with van der Waals surface area (Å²) in [5.41, 5.74) is 1.18. The van der Waals surface area contributed by atoms with Crippen molar-refractivity contribution >= 4 is 27.3 Å². The average molecular weight is 483 g/mol. The van der Waals surface area contributed by atoms with E-state index in [1.54, 1.807) is 12.3 Å². The summed E-state index contributed by atoms with van der Waals surface area (Å²) in [4.78, 5) is 20.9. The first-order valence-electron chi connectivity index (χ1n) is 9.23. The van der Waals surface area contributed by atoms with Gasteiger partial charge in [0.15, 0.2) is 0 Å². The van der Waals surface area contributed by atoms with Gasteiger partial charge in [-0.05, 0) is 36.4 Å². The van der Waals surface area contributed by atoms with Gasteiger partial charge in [-0.2, -0.15) is 18.3 Å². The van der Waals surface area contributed by atoms with Crippen molar-refractivity contribution in [2.45, 2.75) is 12.7 Å². The van der Waals surface area contributed by atoms with Crippen LogP contribution in [0.2, 0.25) is 0 Å². The lowest BCUT2D eigenvalue weighted by Gasteiger charge is -2.37. The maximum atomic E-state index is 12.5.